The summed E-state index contributed by atoms with van der Waals surface area (Å²) in [7, 11) is 1.51. The Labute approximate surface area is 137 Å². The highest BCUT2D eigenvalue weighted by molar-refractivity contribution is 5.89. The average Bonchev–Trinajstić information content (AvgIpc) is 3.14. The molecule has 1 aromatic heterocycles. The Balaban J connectivity index is 1.70. The first-order valence-electron chi connectivity index (χ1n) is 7.15. The first-order valence-corrected chi connectivity index (χ1v) is 7.15. The van der Waals surface area contributed by atoms with Crippen LogP contribution in [-0.4, -0.2) is 38.8 Å². The van der Waals surface area contributed by atoms with Gasteiger partial charge in [0.05, 0.1) is 18.4 Å². The standard InChI is InChI=1S/C16H15N5O3/c1-24-14-8-12(16(22)23)6-7-13(14)17-9-10-2-4-11(5-3-10)15-18-20-21-19-15/h2-8,17H,9H2,1H3,(H,22,23)(H,18,19,20,21). The minimum absolute atomic E-state index is 0.182. The highest BCUT2D eigenvalue weighted by Gasteiger charge is 2.09. The molecule has 0 fully saturated rings. The summed E-state index contributed by atoms with van der Waals surface area (Å²) < 4.78 is 5.24. The van der Waals surface area contributed by atoms with Gasteiger partial charge in [-0.15, -0.1) is 10.2 Å². The summed E-state index contributed by atoms with van der Waals surface area (Å²) in [6, 6.07) is 12.4. The molecule has 0 bridgehead atoms. The third-order valence-electron chi connectivity index (χ3n) is 3.49. The van der Waals surface area contributed by atoms with Crippen molar-refractivity contribution in [2.45, 2.75) is 6.54 Å². The molecular formula is C16H15N5O3. The van der Waals surface area contributed by atoms with Crippen LogP contribution in [0.4, 0.5) is 5.69 Å². The predicted molar refractivity (Wildman–Crippen MR) is 86.9 cm³/mol. The fourth-order valence-corrected chi connectivity index (χ4v) is 2.22. The van der Waals surface area contributed by atoms with E-state index in [0.717, 1.165) is 16.8 Å². The number of rotatable bonds is 6. The van der Waals surface area contributed by atoms with Crippen LogP contribution in [0.25, 0.3) is 11.4 Å². The number of aromatic amines is 1. The maximum Gasteiger partial charge on any atom is 0.335 e. The zero-order chi connectivity index (χ0) is 16.9. The molecule has 0 radical (unpaired) electrons. The molecule has 3 N–H and O–H groups in total. The number of nitrogens with one attached hydrogen (secondary N) is 2. The van der Waals surface area contributed by atoms with Gasteiger partial charge in [-0.1, -0.05) is 24.3 Å². The molecular weight excluding hydrogens is 310 g/mol. The molecule has 8 nitrogen and oxygen atoms in total. The summed E-state index contributed by atoms with van der Waals surface area (Å²) in [6.45, 7) is 0.565. The van der Waals surface area contributed by atoms with Crippen molar-refractivity contribution in [2.24, 2.45) is 0 Å². The SMILES string of the molecule is COc1cc(C(=O)O)ccc1NCc1ccc(-c2nn[nH]n2)cc1. The molecule has 24 heavy (non-hydrogen) atoms. The highest BCUT2D eigenvalue weighted by atomic mass is 16.5. The van der Waals surface area contributed by atoms with E-state index in [1.165, 1.54) is 19.2 Å². The number of hydrogen-bond donors (Lipinski definition) is 3. The molecule has 3 aromatic rings. The lowest BCUT2D eigenvalue weighted by atomic mass is 10.1. The summed E-state index contributed by atoms with van der Waals surface area (Å²) in [5, 5.41) is 26.1. The Morgan fingerprint density at radius 1 is 1.25 bits per heavy atom. The summed E-state index contributed by atoms with van der Waals surface area (Å²) in [6.07, 6.45) is 0. The van der Waals surface area contributed by atoms with Crippen LogP contribution in [0, 0.1) is 0 Å². The van der Waals surface area contributed by atoms with E-state index in [9.17, 15) is 4.79 Å². The third-order valence-corrected chi connectivity index (χ3v) is 3.49. The second-order valence-corrected chi connectivity index (χ2v) is 5.01. The number of carbonyl (C=O) groups is 1. The van der Waals surface area contributed by atoms with Crippen molar-refractivity contribution in [3.8, 4) is 17.1 Å². The number of tetrazole rings is 1. The minimum atomic E-state index is -0.989. The Hall–Kier alpha value is -3.42. The number of carboxylic acids is 1. The Kier molecular flexibility index (Phi) is 4.37. The van der Waals surface area contributed by atoms with Crippen LogP contribution < -0.4 is 10.1 Å². The van der Waals surface area contributed by atoms with Crippen molar-refractivity contribution in [1.82, 2.24) is 20.6 Å². The van der Waals surface area contributed by atoms with E-state index < -0.39 is 5.97 Å². The van der Waals surface area contributed by atoms with Crippen molar-refractivity contribution in [3.05, 3.63) is 53.6 Å². The zero-order valence-electron chi connectivity index (χ0n) is 12.9. The first kappa shape index (κ1) is 15.5. The Morgan fingerprint density at radius 3 is 2.67 bits per heavy atom. The van der Waals surface area contributed by atoms with E-state index in [-0.39, 0.29) is 5.56 Å². The lowest BCUT2D eigenvalue weighted by Crippen LogP contribution is -2.03. The van der Waals surface area contributed by atoms with Gasteiger partial charge < -0.3 is 15.2 Å². The predicted octanol–water partition coefficient (Wildman–Crippen LogP) is 2.19. The largest absolute Gasteiger partial charge is 0.495 e. The number of aromatic carboxylic acids is 1. The minimum Gasteiger partial charge on any atom is -0.495 e. The topological polar surface area (TPSA) is 113 Å². The van der Waals surface area contributed by atoms with Gasteiger partial charge in [0.15, 0.2) is 0 Å². The van der Waals surface area contributed by atoms with Gasteiger partial charge in [-0.25, -0.2) is 4.79 Å². The molecule has 0 saturated heterocycles. The van der Waals surface area contributed by atoms with Gasteiger partial charge in [-0.3, -0.25) is 0 Å². The number of carboxylic acid groups (broad SMARTS) is 1. The van der Waals surface area contributed by atoms with Crippen LogP contribution in [0.3, 0.4) is 0 Å². The third kappa shape index (κ3) is 3.32. The number of anilines is 1. The van der Waals surface area contributed by atoms with Gasteiger partial charge in [-0.2, -0.15) is 5.21 Å². The van der Waals surface area contributed by atoms with Gasteiger partial charge in [-0.05, 0) is 29.0 Å². The molecule has 0 atom stereocenters. The zero-order valence-corrected chi connectivity index (χ0v) is 12.9. The number of hydrogen-bond acceptors (Lipinski definition) is 6. The van der Waals surface area contributed by atoms with Crippen LogP contribution in [0.5, 0.6) is 5.75 Å². The van der Waals surface area contributed by atoms with E-state index in [4.69, 9.17) is 9.84 Å². The summed E-state index contributed by atoms with van der Waals surface area (Å²) in [5.41, 5.74) is 2.83. The summed E-state index contributed by atoms with van der Waals surface area (Å²) in [5.74, 6) is 0.0376. The molecule has 0 aliphatic heterocycles. The van der Waals surface area contributed by atoms with Crippen molar-refractivity contribution in [3.63, 3.8) is 0 Å². The molecule has 0 amide bonds. The van der Waals surface area contributed by atoms with Gasteiger partial charge in [0.25, 0.3) is 0 Å². The molecule has 0 spiro atoms. The van der Waals surface area contributed by atoms with Crippen LogP contribution in [0.2, 0.25) is 0 Å². The van der Waals surface area contributed by atoms with Crippen molar-refractivity contribution >= 4 is 11.7 Å². The molecule has 0 aliphatic carbocycles. The Morgan fingerprint density at radius 2 is 2.04 bits per heavy atom. The van der Waals surface area contributed by atoms with Crippen molar-refractivity contribution < 1.29 is 14.6 Å². The lowest BCUT2D eigenvalue weighted by molar-refractivity contribution is 0.0696. The normalized spacial score (nSPS) is 10.4. The van der Waals surface area contributed by atoms with E-state index in [1.807, 2.05) is 24.3 Å². The van der Waals surface area contributed by atoms with Crippen molar-refractivity contribution in [1.29, 1.82) is 0 Å². The molecule has 0 unspecified atom stereocenters. The van der Waals surface area contributed by atoms with Gasteiger partial charge >= 0.3 is 5.97 Å². The lowest BCUT2D eigenvalue weighted by Gasteiger charge is -2.12. The molecule has 0 saturated carbocycles. The fraction of sp³-hybridized carbons (Fsp3) is 0.125. The molecule has 0 aliphatic rings. The van der Waals surface area contributed by atoms with Crippen LogP contribution in [-0.2, 0) is 6.54 Å². The number of ether oxygens (including phenoxy) is 1. The average molecular weight is 325 g/mol. The van der Waals surface area contributed by atoms with E-state index in [0.29, 0.717) is 18.1 Å². The van der Waals surface area contributed by atoms with E-state index >= 15 is 0 Å². The maximum absolute atomic E-state index is 11.0. The van der Waals surface area contributed by atoms with Crippen molar-refractivity contribution in [2.75, 3.05) is 12.4 Å². The van der Waals surface area contributed by atoms with Crippen LogP contribution >= 0.6 is 0 Å². The molecule has 2 aromatic carbocycles. The second-order valence-electron chi connectivity index (χ2n) is 5.01. The second kappa shape index (κ2) is 6.78. The number of benzene rings is 2. The maximum atomic E-state index is 11.0. The fourth-order valence-electron chi connectivity index (χ4n) is 2.22. The molecule has 122 valence electrons. The number of H-pyrrole nitrogens is 1. The Bertz CT molecular complexity index is 831. The van der Waals surface area contributed by atoms with Crippen LogP contribution in [0.15, 0.2) is 42.5 Å². The highest BCUT2D eigenvalue weighted by Crippen LogP contribution is 2.26. The van der Waals surface area contributed by atoms with E-state index in [1.54, 1.807) is 6.07 Å². The monoisotopic (exact) mass is 325 g/mol. The summed E-state index contributed by atoms with van der Waals surface area (Å²) in [4.78, 5) is 11.0. The quantitative estimate of drug-likeness (QED) is 0.636. The van der Waals surface area contributed by atoms with Crippen LogP contribution in [0.1, 0.15) is 15.9 Å². The first-order chi connectivity index (χ1) is 11.7. The number of nitrogens with zero attached hydrogens (tertiary/aromatic N) is 3. The van der Waals surface area contributed by atoms with E-state index in [2.05, 4.69) is 25.9 Å². The smallest absolute Gasteiger partial charge is 0.335 e. The number of methoxy groups -OCH3 is 1. The molecule has 8 heteroatoms. The molecule has 1 heterocycles. The van der Waals surface area contributed by atoms with Gasteiger partial charge in [0.2, 0.25) is 5.82 Å². The molecule has 3 rings (SSSR count). The number of aromatic nitrogens is 4. The summed E-state index contributed by atoms with van der Waals surface area (Å²) >= 11 is 0. The van der Waals surface area contributed by atoms with Gasteiger partial charge in [0.1, 0.15) is 5.75 Å². The van der Waals surface area contributed by atoms with Gasteiger partial charge in [0, 0.05) is 12.1 Å².